The molecule has 1 heterocycles. The second-order valence-electron chi connectivity index (χ2n) is 6.67. The lowest BCUT2D eigenvalue weighted by atomic mass is 9.88. The standard InChI is InChI=1S/C13H27NO2/c1-10(2)16-11-13(6,7)8-14(9-15-11)12(3,4)5/h10-11H,8-9H2,1-7H3/t11-/m1/s1. The van der Waals surface area contributed by atoms with Crippen LogP contribution in [0.1, 0.15) is 48.5 Å². The minimum atomic E-state index is -0.0916. The van der Waals surface area contributed by atoms with Crippen molar-refractivity contribution in [1.82, 2.24) is 4.90 Å². The maximum Gasteiger partial charge on any atom is 0.165 e. The first-order valence-corrected chi connectivity index (χ1v) is 6.15. The van der Waals surface area contributed by atoms with E-state index >= 15 is 0 Å². The van der Waals surface area contributed by atoms with Crippen molar-refractivity contribution < 1.29 is 9.47 Å². The molecule has 1 rings (SSSR count). The Bertz CT molecular complexity index is 231. The molecule has 1 aliphatic heterocycles. The molecule has 16 heavy (non-hydrogen) atoms. The van der Waals surface area contributed by atoms with E-state index in [9.17, 15) is 0 Å². The highest BCUT2D eigenvalue weighted by Crippen LogP contribution is 2.33. The molecule has 1 saturated heterocycles. The number of rotatable bonds is 2. The third-order valence-electron chi connectivity index (χ3n) is 2.96. The molecule has 0 saturated carbocycles. The predicted molar refractivity (Wildman–Crippen MR) is 66.2 cm³/mol. The molecule has 1 aliphatic rings. The van der Waals surface area contributed by atoms with Gasteiger partial charge in [-0.3, -0.25) is 4.90 Å². The summed E-state index contributed by atoms with van der Waals surface area (Å²) >= 11 is 0. The third-order valence-corrected chi connectivity index (χ3v) is 2.96. The Morgan fingerprint density at radius 2 is 1.88 bits per heavy atom. The van der Waals surface area contributed by atoms with E-state index in [1.807, 2.05) is 0 Å². The number of ether oxygens (including phenoxy) is 2. The molecular weight excluding hydrogens is 202 g/mol. The molecule has 0 radical (unpaired) electrons. The molecule has 0 N–H and O–H groups in total. The summed E-state index contributed by atoms with van der Waals surface area (Å²) in [5.74, 6) is 0. The van der Waals surface area contributed by atoms with Crippen LogP contribution in [0.5, 0.6) is 0 Å². The zero-order chi connectivity index (χ0) is 12.6. The van der Waals surface area contributed by atoms with Crippen LogP contribution in [0, 0.1) is 5.41 Å². The van der Waals surface area contributed by atoms with Gasteiger partial charge in [0.1, 0.15) is 6.73 Å². The fourth-order valence-electron chi connectivity index (χ4n) is 1.90. The fraction of sp³-hybridized carbons (Fsp3) is 1.00. The lowest BCUT2D eigenvalue weighted by molar-refractivity contribution is -0.275. The summed E-state index contributed by atoms with van der Waals surface area (Å²) in [6.45, 7) is 16.8. The van der Waals surface area contributed by atoms with Gasteiger partial charge in [0.15, 0.2) is 6.29 Å². The van der Waals surface area contributed by atoms with Crippen molar-refractivity contribution in [2.75, 3.05) is 13.3 Å². The molecule has 0 aromatic heterocycles. The summed E-state index contributed by atoms with van der Waals surface area (Å²) in [6.07, 6.45) is 0.122. The molecule has 96 valence electrons. The van der Waals surface area contributed by atoms with Crippen molar-refractivity contribution in [1.29, 1.82) is 0 Å². The van der Waals surface area contributed by atoms with Crippen LogP contribution in [-0.4, -0.2) is 36.1 Å². The van der Waals surface area contributed by atoms with Crippen LogP contribution in [-0.2, 0) is 9.47 Å². The second kappa shape index (κ2) is 4.63. The summed E-state index contributed by atoms with van der Waals surface area (Å²) in [6, 6.07) is 0. The van der Waals surface area contributed by atoms with E-state index < -0.39 is 0 Å². The lowest BCUT2D eigenvalue weighted by Crippen LogP contribution is -2.57. The minimum absolute atomic E-state index is 0.0375. The molecule has 0 unspecified atom stereocenters. The molecule has 0 amide bonds. The summed E-state index contributed by atoms with van der Waals surface area (Å²) in [5.41, 5.74) is 0.190. The number of hydrogen-bond acceptors (Lipinski definition) is 3. The van der Waals surface area contributed by atoms with E-state index in [4.69, 9.17) is 9.47 Å². The van der Waals surface area contributed by atoms with Crippen LogP contribution in [0.4, 0.5) is 0 Å². The zero-order valence-corrected chi connectivity index (χ0v) is 11.8. The molecule has 1 atom stereocenters. The molecule has 3 nitrogen and oxygen atoms in total. The van der Waals surface area contributed by atoms with Gasteiger partial charge in [0.2, 0.25) is 0 Å². The zero-order valence-electron chi connectivity index (χ0n) is 11.8. The van der Waals surface area contributed by atoms with Crippen LogP contribution < -0.4 is 0 Å². The molecule has 3 heteroatoms. The van der Waals surface area contributed by atoms with E-state index in [1.54, 1.807) is 0 Å². The SMILES string of the molecule is CC(C)O[C@H]1OCN(C(C)(C)C)CC1(C)C. The number of hydrogen-bond donors (Lipinski definition) is 0. The Morgan fingerprint density at radius 1 is 1.31 bits per heavy atom. The maximum atomic E-state index is 5.85. The van der Waals surface area contributed by atoms with Gasteiger partial charge in [-0.2, -0.15) is 0 Å². The Labute approximate surface area is 100 Å². The minimum Gasteiger partial charge on any atom is -0.349 e. The first kappa shape index (κ1) is 13.9. The van der Waals surface area contributed by atoms with Crippen LogP contribution >= 0.6 is 0 Å². The Kier molecular flexibility index (Phi) is 4.04. The van der Waals surface area contributed by atoms with Crippen molar-refractivity contribution in [3.05, 3.63) is 0 Å². The number of nitrogens with zero attached hydrogens (tertiary/aromatic N) is 1. The molecule has 0 aliphatic carbocycles. The quantitative estimate of drug-likeness (QED) is 0.727. The first-order valence-electron chi connectivity index (χ1n) is 6.15. The van der Waals surface area contributed by atoms with Crippen molar-refractivity contribution in [2.45, 2.75) is 66.4 Å². The lowest BCUT2D eigenvalue weighted by Gasteiger charge is -2.48. The van der Waals surface area contributed by atoms with Crippen molar-refractivity contribution in [3.8, 4) is 0 Å². The van der Waals surface area contributed by atoms with E-state index in [0.717, 1.165) is 6.54 Å². The van der Waals surface area contributed by atoms with E-state index in [2.05, 4.69) is 53.4 Å². The summed E-state index contributed by atoms with van der Waals surface area (Å²) in [7, 11) is 0. The molecule has 0 aromatic carbocycles. The van der Waals surface area contributed by atoms with Crippen LogP contribution in [0.3, 0.4) is 0 Å². The van der Waals surface area contributed by atoms with Crippen molar-refractivity contribution >= 4 is 0 Å². The Balaban J connectivity index is 2.66. The van der Waals surface area contributed by atoms with Gasteiger partial charge in [-0.25, -0.2) is 0 Å². The average Bonchev–Trinajstić information content (AvgIpc) is 2.05. The highest BCUT2D eigenvalue weighted by Gasteiger charge is 2.41. The summed E-state index contributed by atoms with van der Waals surface area (Å²) < 4.78 is 11.7. The molecule has 0 spiro atoms. The van der Waals surface area contributed by atoms with Crippen molar-refractivity contribution in [3.63, 3.8) is 0 Å². The van der Waals surface area contributed by atoms with E-state index in [-0.39, 0.29) is 23.3 Å². The topological polar surface area (TPSA) is 21.7 Å². The van der Waals surface area contributed by atoms with Gasteiger partial charge < -0.3 is 9.47 Å². The van der Waals surface area contributed by atoms with Crippen LogP contribution in [0.15, 0.2) is 0 Å². The van der Waals surface area contributed by atoms with E-state index in [0.29, 0.717) is 6.73 Å². The van der Waals surface area contributed by atoms with Gasteiger partial charge in [-0.05, 0) is 34.6 Å². The highest BCUT2D eigenvalue weighted by molar-refractivity contribution is 4.86. The summed E-state index contributed by atoms with van der Waals surface area (Å²) in [5, 5.41) is 0. The fourth-order valence-corrected chi connectivity index (χ4v) is 1.90. The van der Waals surface area contributed by atoms with Gasteiger partial charge in [-0.1, -0.05) is 13.8 Å². The Hall–Kier alpha value is -0.120. The van der Waals surface area contributed by atoms with Gasteiger partial charge in [0.25, 0.3) is 0 Å². The average molecular weight is 229 g/mol. The summed E-state index contributed by atoms with van der Waals surface area (Å²) in [4.78, 5) is 2.35. The van der Waals surface area contributed by atoms with Crippen LogP contribution in [0.2, 0.25) is 0 Å². The van der Waals surface area contributed by atoms with Gasteiger partial charge in [0.05, 0.1) is 6.10 Å². The monoisotopic (exact) mass is 229 g/mol. The Morgan fingerprint density at radius 3 is 2.25 bits per heavy atom. The van der Waals surface area contributed by atoms with E-state index in [1.165, 1.54) is 0 Å². The first-order chi connectivity index (χ1) is 7.13. The van der Waals surface area contributed by atoms with Crippen molar-refractivity contribution in [2.24, 2.45) is 5.41 Å². The van der Waals surface area contributed by atoms with Crippen LogP contribution in [0.25, 0.3) is 0 Å². The maximum absolute atomic E-state index is 5.85. The predicted octanol–water partition coefficient (Wildman–Crippen LogP) is 2.85. The molecule has 1 fully saturated rings. The second-order valence-corrected chi connectivity index (χ2v) is 6.67. The normalized spacial score (nSPS) is 27.4. The molecular formula is C13H27NO2. The smallest absolute Gasteiger partial charge is 0.165 e. The van der Waals surface area contributed by atoms with Gasteiger partial charge in [0, 0.05) is 17.5 Å². The van der Waals surface area contributed by atoms with Gasteiger partial charge >= 0.3 is 0 Å². The largest absolute Gasteiger partial charge is 0.349 e. The molecule has 0 bridgehead atoms. The van der Waals surface area contributed by atoms with Gasteiger partial charge in [-0.15, -0.1) is 0 Å². The molecule has 0 aromatic rings. The third kappa shape index (κ3) is 3.44. The highest BCUT2D eigenvalue weighted by atomic mass is 16.7.